The molecule has 1 fully saturated rings. The monoisotopic (exact) mass is 439 g/mol. The number of nitrogens with zero attached hydrogens (tertiary/aromatic N) is 3. The summed E-state index contributed by atoms with van der Waals surface area (Å²) in [6.45, 7) is 8.84. The number of hydrogen-bond donors (Lipinski definition) is 0. The number of hydrogen-bond acceptors (Lipinski definition) is 5. The Labute approximate surface area is 190 Å². The van der Waals surface area contributed by atoms with Crippen molar-refractivity contribution in [2.75, 3.05) is 18.0 Å². The van der Waals surface area contributed by atoms with Crippen LogP contribution in [0.4, 0.5) is 15.4 Å². The van der Waals surface area contributed by atoms with Crippen molar-refractivity contribution in [3.63, 3.8) is 0 Å². The fourth-order valence-corrected chi connectivity index (χ4v) is 3.83. The molecule has 2 aromatic rings. The fourth-order valence-electron chi connectivity index (χ4n) is 3.83. The first kappa shape index (κ1) is 23.6. The summed E-state index contributed by atoms with van der Waals surface area (Å²) in [6.07, 6.45) is 3.27. The van der Waals surface area contributed by atoms with Crippen LogP contribution in [-0.4, -0.2) is 40.8 Å². The van der Waals surface area contributed by atoms with Crippen LogP contribution in [0.2, 0.25) is 0 Å². The molecule has 172 valence electrons. The van der Waals surface area contributed by atoms with Gasteiger partial charge in [-0.3, -0.25) is 4.90 Å². The Kier molecular flexibility index (Phi) is 7.72. The number of rotatable bonds is 6. The number of pyridine rings is 1. The molecule has 1 aliphatic rings. The van der Waals surface area contributed by atoms with Crippen molar-refractivity contribution in [3.8, 4) is 0 Å². The maximum atomic E-state index is 12.9. The van der Waals surface area contributed by atoms with E-state index in [-0.39, 0.29) is 18.7 Å². The van der Waals surface area contributed by atoms with Gasteiger partial charge in [-0.15, -0.1) is 0 Å². The van der Waals surface area contributed by atoms with Gasteiger partial charge < -0.3 is 14.4 Å². The summed E-state index contributed by atoms with van der Waals surface area (Å²) >= 11 is 0. The first-order valence-electron chi connectivity index (χ1n) is 11.2. The highest BCUT2D eigenvalue weighted by atomic mass is 16.6. The summed E-state index contributed by atoms with van der Waals surface area (Å²) in [6, 6.07) is 13.2. The highest BCUT2D eigenvalue weighted by molar-refractivity contribution is 5.87. The Bertz CT molecular complexity index is 911. The van der Waals surface area contributed by atoms with Crippen LogP contribution in [-0.2, 0) is 16.1 Å². The van der Waals surface area contributed by atoms with E-state index in [4.69, 9.17) is 9.47 Å². The van der Waals surface area contributed by atoms with Crippen LogP contribution in [0.5, 0.6) is 0 Å². The lowest BCUT2D eigenvalue weighted by atomic mass is 10.0. The molecule has 1 aromatic carbocycles. The molecule has 3 rings (SSSR count). The minimum absolute atomic E-state index is 0.205. The summed E-state index contributed by atoms with van der Waals surface area (Å²) < 4.78 is 11.2. The van der Waals surface area contributed by atoms with E-state index in [0.717, 1.165) is 30.4 Å². The second kappa shape index (κ2) is 10.5. The summed E-state index contributed by atoms with van der Waals surface area (Å²) in [5.74, 6) is 0.538. The average molecular weight is 440 g/mol. The number of carbonyl (C=O) groups excluding carboxylic acids is 2. The van der Waals surface area contributed by atoms with Crippen molar-refractivity contribution < 1.29 is 19.1 Å². The standard InChI is InChI=1S/C25H33N3O4/c1-5-16-28(24(30)32-25(2,3)4)22-20(13-9-15-26-22)21-14-10-17-27(21)23(29)31-18-19-11-7-6-8-12-19/h6-9,11-13,15,21H,5,10,14,16-18H2,1-4H3. The normalized spacial score (nSPS) is 16.0. The predicted octanol–water partition coefficient (Wildman–Crippen LogP) is 5.71. The second-order valence-corrected chi connectivity index (χ2v) is 8.94. The SMILES string of the molecule is CCCN(C(=O)OC(C)(C)C)c1ncccc1C1CCCN1C(=O)OCc1ccccc1. The van der Waals surface area contributed by atoms with Crippen LogP contribution in [0, 0.1) is 0 Å². The van der Waals surface area contributed by atoms with Gasteiger partial charge in [-0.25, -0.2) is 14.6 Å². The molecule has 0 spiro atoms. The van der Waals surface area contributed by atoms with Gasteiger partial charge in [0.2, 0.25) is 0 Å². The lowest BCUT2D eigenvalue weighted by molar-refractivity contribution is 0.0578. The molecule has 2 heterocycles. The van der Waals surface area contributed by atoms with Crippen LogP contribution in [0.25, 0.3) is 0 Å². The number of carbonyl (C=O) groups is 2. The molecule has 1 unspecified atom stereocenters. The molecule has 1 saturated heterocycles. The Balaban J connectivity index is 1.82. The molecule has 0 radical (unpaired) electrons. The Hall–Kier alpha value is -3.09. The zero-order chi connectivity index (χ0) is 23.1. The van der Waals surface area contributed by atoms with Crippen LogP contribution in [0.1, 0.15) is 64.1 Å². The first-order chi connectivity index (χ1) is 15.3. The molecule has 7 nitrogen and oxygen atoms in total. The minimum atomic E-state index is -0.612. The molecule has 0 N–H and O–H groups in total. The number of likely N-dealkylation sites (tertiary alicyclic amines) is 1. The zero-order valence-corrected chi connectivity index (χ0v) is 19.4. The van der Waals surface area contributed by atoms with E-state index in [9.17, 15) is 9.59 Å². The molecule has 7 heteroatoms. The number of anilines is 1. The Morgan fingerprint density at radius 1 is 1.16 bits per heavy atom. The second-order valence-electron chi connectivity index (χ2n) is 8.94. The van der Waals surface area contributed by atoms with Crippen LogP contribution >= 0.6 is 0 Å². The third kappa shape index (κ3) is 5.99. The molecule has 1 aromatic heterocycles. The maximum Gasteiger partial charge on any atom is 0.416 e. The molecule has 1 aliphatic heterocycles. The smallest absolute Gasteiger partial charge is 0.416 e. The van der Waals surface area contributed by atoms with E-state index in [1.807, 2.05) is 70.2 Å². The summed E-state index contributed by atoms with van der Waals surface area (Å²) in [7, 11) is 0. The lowest BCUT2D eigenvalue weighted by Crippen LogP contribution is -2.39. The highest BCUT2D eigenvalue weighted by Crippen LogP contribution is 2.37. The van der Waals surface area contributed by atoms with Crippen LogP contribution < -0.4 is 4.90 Å². The van der Waals surface area contributed by atoms with Gasteiger partial charge in [0.1, 0.15) is 18.0 Å². The van der Waals surface area contributed by atoms with E-state index in [2.05, 4.69) is 4.98 Å². The van der Waals surface area contributed by atoms with Crippen molar-refractivity contribution in [1.29, 1.82) is 0 Å². The predicted molar refractivity (Wildman–Crippen MR) is 123 cm³/mol. The molecule has 0 saturated carbocycles. The Morgan fingerprint density at radius 2 is 1.91 bits per heavy atom. The minimum Gasteiger partial charge on any atom is -0.445 e. The molecule has 0 bridgehead atoms. The van der Waals surface area contributed by atoms with Crippen molar-refractivity contribution in [2.24, 2.45) is 0 Å². The van der Waals surface area contributed by atoms with Gasteiger partial charge in [0.15, 0.2) is 0 Å². The van der Waals surface area contributed by atoms with Crippen molar-refractivity contribution >= 4 is 18.0 Å². The van der Waals surface area contributed by atoms with Gasteiger partial charge in [-0.2, -0.15) is 0 Å². The van der Waals surface area contributed by atoms with E-state index in [1.165, 1.54) is 0 Å². The maximum absolute atomic E-state index is 12.9. The summed E-state index contributed by atoms with van der Waals surface area (Å²) in [5.41, 5.74) is 1.16. The van der Waals surface area contributed by atoms with E-state index >= 15 is 0 Å². The number of ether oxygens (including phenoxy) is 2. The average Bonchev–Trinajstić information content (AvgIpc) is 3.25. The number of benzene rings is 1. The van der Waals surface area contributed by atoms with Crippen LogP contribution in [0.15, 0.2) is 48.7 Å². The van der Waals surface area contributed by atoms with E-state index in [1.54, 1.807) is 16.0 Å². The molecular formula is C25H33N3O4. The number of amides is 2. The molecule has 32 heavy (non-hydrogen) atoms. The molecule has 1 atom stereocenters. The molecular weight excluding hydrogens is 406 g/mol. The highest BCUT2D eigenvalue weighted by Gasteiger charge is 2.35. The van der Waals surface area contributed by atoms with Crippen molar-refractivity contribution in [3.05, 3.63) is 59.8 Å². The van der Waals surface area contributed by atoms with Crippen molar-refractivity contribution in [1.82, 2.24) is 9.88 Å². The fraction of sp³-hybridized carbons (Fsp3) is 0.480. The van der Waals surface area contributed by atoms with Gasteiger partial charge in [-0.05, 0) is 51.7 Å². The van der Waals surface area contributed by atoms with E-state index in [0.29, 0.717) is 18.9 Å². The quantitative estimate of drug-likeness (QED) is 0.577. The topological polar surface area (TPSA) is 72.0 Å². The third-order valence-electron chi connectivity index (χ3n) is 5.19. The zero-order valence-electron chi connectivity index (χ0n) is 19.4. The Morgan fingerprint density at radius 3 is 2.59 bits per heavy atom. The third-order valence-corrected chi connectivity index (χ3v) is 5.19. The molecule has 0 aliphatic carbocycles. The number of aromatic nitrogens is 1. The lowest BCUT2D eigenvalue weighted by Gasteiger charge is -2.30. The van der Waals surface area contributed by atoms with Gasteiger partial charge in [0, 0.05) is 24.8 Å². The largest absolute Gasteiger partial charge is 0.445 e. The van der Waals surface area contributed by atoms with Gasteiger partial charge >= 0.3 is 12.2 Å². The first-order valence-corrected chi connectivity index (χ1v) is 11.2. The van der Waals surface area contributed by atoms with E-state index < -0.39 is 11.7 Å². The summed E-state index contributed by atoms with van der Waals surface area (Å²) in [4.78, 5) is 33.7. The van der Waals surface area contributed by atoms with Crippen molar-refractivity contribution in [2.45, 2.75) is 65.2 Å². The van der Waals surface area contributed by atoms with Crippen LogP contribution in [0.3, 0.4) is 0 Å². The van der Waals surface area contributed by atoms with Gasteiger partial charge in [0.05, 0.1) is 6.04 Å². The molecule has 2 amide bonds. The van der Waals surface area contributed by atoms with Gasteiger partial charge in [-0.1, -0.05) is 43.3 Å². The summed E-state index contributed by atoms with van der Waals surface area (Å²) in [5, 5.41) is 0. The van der Waals surface area contributed by atoms with Gasteiger partial charge in [0.25, 0.3) is 0 Å².